The zero-order valence-corrected chi connectivity index (χ0v) is 10.8. The molecule has 0 saturated heterocycles. The van der Waals surface area contributed by atoms with Crippen LogP contribution < -0.4 is 16.4 Å². The summed E-state index contributed by atoms with van der Waals surface area (Å²) in [6, 6.07) is 9.34. The largest absolute Gasteiger partial charge is 0.478 e. The summed E-state index contributed by atoms with van der Waals surface area (Å²) in [5.74, 6) is -2.31. The Hall–Kier alpha value is -3.09. The van der Waals surface area contributed by atoms with Gasteiger partial charge in [0, 0.05) is 5.69 Å². The lowest BCUT2D eigenvalue weighted by molar-refractivity contribution is 0.0692. The van der Waals surface area contributed by atoms with Crippen LogP contribution in [-0.4, -0.2) is 17.1 Å². The van der Waals surface area contributed by atoms with Crippen molar-refractivity contribution in [1.29, 1.82) is 0 Å². The third-order valence-electron chi connectivity index (χ3n) is 2.67. The minimum Gasteiger partial charge on any atom is -0.478 e. The Balaban J connectivity index is 2.08. The van der Waals surface area contributed by atoms with E-state index in [0.717, 1.165) is 12.1 Å². The highest BCUT2D eigenvalue weighted by Gasteiger charge is 2.11. The number of nitrogens with two attached hydrogens (primary N) is 1. The molecule has 0 aliphatic carbocycles. The lowest BCUT2D eigenvalue weighted by Crippen LogP contribution is -2.20. The summed E-state index contributed by atoms with van der Waals surface area (Å²) in [5.41, 5.74) is 6.14. The number of carbonyl (C=O) groups is 2. The molecule has 21 heavy (non-hydrogen) atoms. The Bertz CT molecular complexity index is 704. The summed E-state index contributed by atoms with van der Waals surface area (Å²) >= 11 is 0. The van der Waals surface area contributed by atoms with Gasteiger partial charge in [-0.2, -0.15) is 0 Å². The first-order valence-corrected chi connectivity index (χ1v) is 5.92. The fraction of sp³-hybridized carbons (Fsp3) is 0. The van der Waals surface area contributed by atoms with Gasteiger partial charge in [0.05, 0.1) is 16.9 Å². The topological polar surface area (TPSA) is 104 Å². The van der Waals surface area contributed by atoms with Crippen LogP contribution in [0.5, 0.6) is 0 Å². The fourth-order valence-electron chi connectivity index (χ4n) is 1.66. The van der Waals surface area contributed by atoms with Crippen LogP contribution in [0.15, 0.2) is 42.5 Å². The lowest BCUT2D eigenvalue weighted by atomic mass is 10.2. The highest BCUT2D eigenvalue weighted by atomic mass is 19.1. The number of rotatable bonds is 3. The maximum absolute atomic E-state index is 13.5. The molecule has 108 valence electrons. The average molecular weight is 289 g/mol. The van der Waals surface area contributed by atoms with Gasteiger partial charge in [0.25, 0.3) is 0 Å². The number of halogens is 1. The molecule has 0 atom stereocenters. The average Bonchev–Trinajstić information content (AvgIpc) is 2.41. The van der Waals surface area contributed by atoms with Crippen molar-refractivity contribution in [3.8, 4) is 0 Å². The molecular weight excluding hydrogens is 277 g/mol. The van der Waals surface area contributed by atoms with Crippen LogP contribution in [0.25, 0.3) is 0 Å². The third kappa shape index (κ3) is 3.47. The molecular formula is C14H12FN3O3. The molecule has 0 unspecified atom stereocenters. The monoisotopic (exact) mass is 289 g/mol. The van der Waals surface area contributed by atoms with Gasteiger partial charge in [-0.1, -0.05) is 12.1 Å². The quantitative estimate of drug-likeness (QED) is 0.652. The molecule has 5 N–H and O–H groups in total. The lowest BCUT2D eigenvalue weighted by Gasteiger charge is -2.10. The van der Waals surface area contributed by atoms with Crippen molar-refractivity contribution in [2.24, 2.45) is 0 Å². The molecule has 7 heteroatoms. The molecule has 0 saturated carbocycles. The van der Waals surface area contributed by atoms with E-state index in [1.54, 1.807) is 24.3 Å². The van der Waals surface area contributed by atoms with Crippen LogP contribution in [0.3, 0.4) is 0 Å². The van der Waals surface area contributed by atoms with E-state index in [1.807, 2.05) is 0 Å². The van der Waals surface area contributed by atoms with E-state index in [1.165, 1.54) is 6.07 Å². The molecule has 6 nitrogen and oxygen atoms in total. The van der Waals surface area contributed by atoms with E-state index >= 15 is 0 Å². The Kier molecular flexibility index (Phi) is 4.03. The molecule has 2 amide bonds. The van der Waals surface area contributed by atoms with Crippen molar-refractivity contribution in [3.63, 3.8) is 0 Å². The van der Waals surface area contributed by atoms with Crippen molar-refractivity contribution in [1.82, 2.24) is 0 Å². The second kappa shape index (κ2) is 5.91. The summed E-state index contributed by atoms with van der Waals surface area (Å²) in [5, 5.41) is 13.6. The number of para-hydroxylation sites is 2. The van der Waals surface area contributed by atoms with Crippen molar-refractivity contribution in [2.45, 2.75) is 0 Å². The minimum atomic E-state index is -1.37. The van der Waals surface area contributed by atoms with Crippen LogP contribution in [0.1, 0.15) is 10.4 Å². The zero-order chi connectivity index (χ0) is 15.4. The number of urea groups is 1. The van der Waals surface area contributed by atoms with E-state index < -0.39 is 23.4 Å². The van der Waals surface area contributed by atoms with Gasteiger partial charge in [0.2, 0.25) is 0 Å². The van der Waals surface area contributed by atoms with Crippen molar-refractivity contribution in [2.75, 3.05) is 16.4 Å². The minimum absolute atomic E-state index is 0.129. The van der Waals surface area contributed by atoms with Gasteiger partial charge < -0.3 is 21.5 Å². The Morgan fingerprint density at radius 1 is 1.10 bits per heavy atom. The summed E-state index contributed by atoms with van der Waals surface area (Å²) in [7, 11) is 0. The number of carboxylic acid groups (broad SMARTS) is 1. The first kappa shape index (κ1) is 14.3. The van der Waals surface area contributed by atoms with Gasteiger partial charge in [-0.3, -0.25) is 0 Å². The number of nitrogens with one attached hydrogen (secondary N) is 2. The van der Waals surface area contributed by atoms with Crippen LogP contribution in [-0.2, 0) is 0 Å². The van der Waals surface area contributed by atoms with E-state index in [4.69, 9.17) is 10.8 Å². The van der Waals surface area contributed by atoms with E-state index in [-0.39, 0.29) is 5.69 Å². The molecule has 2 aromatic carbocycles. The predicted octanol–water partition coefficient (Wildman–Crippen LogP) is 2.75. The van der Waals surface area contributed by atoms with Gasteiger partial charge in [-0.15, -0.1) is 0 Å². The molecule has 0 aliphatic heterocycles. The standard InChI is InChI=1S/C14H12FN3O3/c15-10-7-8(5-6-9(10)13(19)20)17-14(21)18-12-4-2-1-3-11(12)16/h1-7H,16H2,(H,19,20)(H2,17,18,21). The number of aromatic carboxylic acids is 1. The molecule has 2 aromatic rings. The molecule has 0 aromatic heterocycles. The van der Waals surface area contributed by atoms with Gasteiger partial charge in [-0.25, -0.2) is 14.0 Å². The number of carboxylic acids is 1. The zero-order valence-electron chi connectivity index (χ0n) is 10.8. The molecule has 0 spiro atoms. The maximum Gasteiger partial charge on any atom is 0.338 e. The molecule has 0 heterocycles. The van der Waals surface area contributed by atoms with Gasteiger partial charge in [0.1, 0.15) is 5.82 Å². The fourth-order valence-corrected chi connectivity index (χ4v) is 1.66. The molecule has 0 radical (unpaired) electrons. The second-order valence-corrected chi connectivity index (χ2v) is 4.17. The number of anilines is 3. The Morgan fingerprint density at radius 2 is 1.81 bits per heavy atom. The number of hydrogen-bond donors (Lipinski definition) is 4. The highest BCUT2D eigenvalue weighted by molar-refractivity contribution is 6.01. The third-order valence-corrected chi connectivity index (χ3v) is 2.67. The Morgan fingerprint density at radius 3 is 2.43 bits per heavy atom. The van der Waals surface area contributed by atoms with Gasteiger partial charge in [0.15, 0.2) is 0 Å². The summed E-state index contributed by atoms with van der Waals surface area (Å²) in [6.07, 6.45) is 0. The predicted molar refractivity (Wildman–Crippen MR) is 76.9 cm³/mol. The SMILES string of the molecule is Nc1ccccc1NC(=O)Nc1ccc(C(=O)O)c(F)c1. The molecule has 2 rings (SSSR count). The molecule has 0 bridgehead atoms. The van der Waals surface area contributed by atoms with E-state index in [9.17, 15) is 14.0 Å². The van der Waals surface area contributed by atoms with E-state index in [0.29, 0.717) is 11.4 Å². The van der Waals surface area contributed by atoms with Gasteiger partial charge in [-0.05, 0) is 30.3 Å². The van der Waals surface area contributed by atoms with Crippen molar-refractivity contribution >= 4 is 29.1 Å². The van der Waals surface area contributed by atoms with Crippen molar-refractivity contribution in [3.05, 3.63) is 53.8 Å². The number of amides is 2. The van der Waals surface area contributed by atoms with Crippen LogP contribution in [0.2, 0.25) is 0 Å². The number of benzene rings is 2. The van der Waals surface area contributed by atoms with Crippen molar-refractivity contribution < 1.29 is 19.1 Å². The number of carbonyl (C=O) groups excluding carboxylic acids is 1. The molecule has 0 fully saturated rings. The Labute approximate surface area is 119 Å². The smallest absolute Gasteiger partial charge is 0.338 e. The van der Waals surface area contributed by atoms with Crippen LogP contribution >= 0.6 is 0 Å². The number of nitrogen functional groups attached to an aromatic ring is 1. The normalized spacial score (nSPS) is 9.95. The first-order chi connectivity index (χ1) is 9.97. The second-order valence-electron chi connectivity index (χ2n) is 4.17. The van der Waals surface area contributed by atoms with E-state index in [2.05, 4.69) is 10.6 Å². The van der Waals surface area contributed by atoms with Crippen LogP contribution in [0, 0.1) is 5.82 Å². The molecule has 0 aliphatic rings. The first-order valence-electron chi connectivity index (χ1n) is 5.92. The highest BCUT2D eigenvalue weighted by Crippen LogP contribution is 2.18. The maximum atomic E-state index is 13.5. The summed E-state index contributed by atoms with van der Waals surface area (Å²) < 4.78 is 13.5. The number of hydrogen-bond acceptors (Lipinski definition) is 3. The summed E-state index contributed by atoms with van der Waals surface area (Å²) in [4.78, 5) is 22.4. The van der Waals surface area contributed by atoms with Crippen LogP contribution in [0.4, 0.5) is 26.2 Å². The van der Waals surface area contributed by atoms with Gasteiger partial charge >= 0.3 is 12.0 Å². The summed E-state index contributed by atoms with van der Waals surface area (Å²) in [6.45, 7) is 0.